The largest absolute Gasteiger partial charge is 0.298 e. The lowest BCUT2D eigenvalue weighted by Crippen LogP contribution is -2.73. The molecule has 0 spiro atoms. The molecule has 0 N–H and O–H groups in total. The molecule has 0 aliphatic carbocycles. The van der Waals surface area contributed by atoms with Crippen LogP contribution < -0.4 is 0 Å². The van der Waals surface area contributed by atoms with Crippen molar-refractivity contribution < 1.29 is 4.79 Å². The summed E-state index contributed by atoms with van der Waals surface area (Å²) in [5.74, 6) is 0.727. The van der Waals surface area contributed by atoms with E-state index in [1.165, 1.54) is 11.1 Å². The van der Waals surface area contributed by atoms with Gasteiger partial charge in [0.05, 0.1) is 12.1 Å². The minimum atomic E-state index is -0.245. The minimum absolute atomic E-state index is 0.237. The Labute approximate surface area is 107 Å². The third-order valence-corrected chi connectivity index (χ3v) is 4.85. The zero-order valence-electron chi connectivity index (χ0n) is 10.7. The molecule has 0 aromatic heterocycles. The van der Waals surface area contributed by atoms with Gasteiger partial charge in [-0.15, -0.1) is 0 Å². The summed E-state index contributed by atoms with van der Waals surface area (Å²) in [7, 11) is 0. The predicted molar refractivity (Wildman–Crippen MR) is 69.4 cm³/mol. The Bertz CT molecular complexity index is 511. The summed E-state index contributed by atoms with van der Waals surface area (Å²) in [5, 5.41) is 0. The van der Waals surface area contributed by atoms with Crippen molar-refractivity contribution in [2.45, 2.75) is 12.3 Å². The summed E-state index contributed by atoms with van der Waals surface area (Å²) in [5.41, 5.74) is 2.27. The van der Waals surface area contributed by atoms with E-state index in [4.69, 9.17) is 0 Å². The molecule has 4 heterocycles. The third-order valence-electron chi connectivity index (χ3n) is 4.85. The Balaban J connectivity index is 1.87. The van der Waals surface area contributed by atoms with Crippen molar-refractivity contribution in [1.82, 2.24) is 9.80 Å². The molecule has 2 unspecified atom stereocenters. The summed E-state index contributed by atoms with van der Waals surface area (Å²) in [6.07, 6.45) is 0. The fraction of sp³-hybridized carbons (Fsp3) is 0.533. The maximum absolute atomic E-state index is 12.8. The Morgan fingerprint density at radius 3 is 2.50 bits per heavy atom. The maximum atomic E-state index is 12.8. The number of hydrogen-bond donors (Lipinski definition) is 0. The van der Waals surface area contributed by atoms with E-state index in [2.05, 4.69) is 41.0 Å². The highest BCUT2D eigenvalue weighted by Gasteiger charge is 2.56. The Kier molecular flexibility index (Phi) is 2.04. The second kappa shape index (κ2) is 3.43. The molecule has 3 heteroatoms. The van der Waals surface area contributed by atoms with E-state index in [1.54, 1.807) is 0 Å². The first-order chi connectivity index (χ1) is 8.69. The Morgan fingerprint density at radius 1 is 1.17 bits per heavy atom. The van der Waals surface area contributed by atoms with Crippen LogP contribution in [0.3, 0.4) is 0 Å². The lowest BCUT2D eigenvalue weighted by Gasteiger charge is -2.58. The highest BCUT2D eigenvalue weighted by atomic mass is 16.1. The minimum Gasteiger partial charge on any atom is -0.298 e. The number of rotatable bonds is 1. The fourth-order valence-electron chi connectivity index (χ4n) is 4.25. The molecule has 18 heavy (non-hydrogen) atoms. The van der Waals surface area contributed by atoms with Gasteiger partial charge < -0.3 is 0 Å². The van der Waals surface area contributed by atoms with Gasteiger partial charge in [0, 0.05) is 32.1 Å². The molecule has 4 aliphatic rings. The van der Waals surface area contributed by atoms with Crippen LogP contribution in [-0.2, 0) is 10.2 Å². The number of piperidine rings is 2. The van der Waals surface area contributed by atoms with Gasteiger partial charge in [-0.25, -0.2) is 0 Å². The monoisotopic (exact) mass is 242 g/mol. The molecule has 2 atom stereocenters. The molecule has 4 aliphatic heterocycles. The second-order valence-corrected chi connectivity index (χ2v) is 6.12. The van der Waals surface area contributed by atoms with Crippen LogP contribution in [0.5, 0.6) is 0 Å². The van der Waals surface area contributed by atoms with Crippen molar-refractivity contribution in [2.24, 2.45) is 5.92 Å². The normalized spacial score (nSPS) is 41.4. The van der Waals surface area contributed by atoms with Crippen LogP contribution in [0.25, 0.3) is 0 Å². The SMILES string of the molecule is Cc1ccccc1C12CN3CC(CN(C3)C1)C2=O. The van der Waals surface area contributed by atoms with Crippen molar-refractivity contribution >= 4 is 5.78 Å². The number of aryl methyl sites for hydroxylation is 1. The summed E-state index contributed by atoms with van der Waals surface area (Å²) in [4.78, 5) is 17.7. The zero-order valence-corrected chi connectivity index (χ0v) is 10.7. The molecule has 4 bridgehead atoms. The van der Waals surface area contributed by atoms with Crippen LogP contribution in [0, 0.1) is 12.8 Å². The molecule has 0 amide bonds. The second-order valence-electron chi connectivity index (χ2n) is 6.12. The van der Waals surface area contributed by atoms with Crippen molar-refractivity contribution in [3.63, 3.8) is 0 Å². The van der Waals surface area contributed by atoms with Crippen molar-refractivity contribution in [1.29, 1.82) is 0 Å². The molecule has 1 aromatic rings. The number of carbonyl (C=O) groups is 1. The van der Waals surface area contributed by atoms with Gasteiger partial charge in [0.15, 0.2) is 5.78 Å². The average molecular weight is 242 g/mol. The number of ketones is 1. The van der Waals surface area contributed by atoms with Crippen LogP contribution in [0.15, 0.2) is 24.3 Å². The van der Waals surface area contributed by atoms with E-state index in [1.807, 2.05) is 0 Å². The molecule has 0 radical (unpaired) electrons. The molecular formula is C15H18N2O. The quantitative estimate of drug-likeness (QED) is 0.734. The standard InChI is InChI=1S/C15H18N2O/c1-11-4-2-3-5-13(11)15-8-16-6-12(14(15)18)7-17(9-15)10-16/h2-5,12H,6-10H2,1H3. The van der Waals surface area contributed by atoms with E-state index in [-0.39, 0.29) is 11.3 Å². The predicted octanol–water partition coefficient (Wildman–Crippen LogP) is 1.02. The molecule has 4 fully saturated rings. The molecule has 0 saturated carbocycles. The van der Waals surface area contributed by atoms with E-state index < -0.39 is 0 Å². The van der Waals surface area contributed by atoms with Gasteiger partial charge in [-0.3, -0.25) is 14.6 Å². The summed E-state index contributed by atoms with van der Waals surface area (Å²) in [6.45, 7) is 6.97. The van der Waals surface area contributed by atoms with Crippen LogP contribution in [-0.4, -0.2) is 48.4 Å². The topological polar surface area (TPSA) is 23.6 Å². The Hall–Kier alpha value is -1.19. The van der Waals surface area contributed by atoms with Crippen molar-refractivity contribution in [3.8, 4) is 0 Å². The lowest BCUT2D eigenvalue weighted by atomic mass is 9.64. The van der Waals surface area contributed by atoms with Gasteiger partial charge in [-0.1, -0.05) is 24.3 Å². The lowest BCUT2D eigenvalue weighted by molar-refractivity contribution is -0.153. The number of hydrogen-bond acceptors (Lipinski definition) is 3. The fourth-order valence-corrected chi connectivity index (χ4v) is 4.25. The summed E-state index contributed by atoms with van der Waals surface area (Å²) in [6, 6.07) is 8.41. The van der Waals surface area contributed by atoms with E-state index in [0.29, 0.717) is 5.78 Å². The van der Waals surface area contributed by atoms with E-state index in [0.717, 1.165) is 32.8 Å². The molecule has 5 rings (SSSR count). The molecule has 94 valence electrons. The number of Topliss-reactive ketones (excluding diaryl/α,β-unsaturated/α-hetero) is 1. The highest BCUT2D eigenvalue weighted by molar-refractivity contribution is 5.95. The third kappa shape index (κ3) is 1.24. The zero-order chi connectivity index (χ0) is 12.3. The molecular weight excluding hydrogens is 224 g/mol. The number of carbonyl (C=O) groups excluding carboxylic acids is 1. The van der Waals surface area contributed by atoms with Gasteiger partial charge in [0.25, 0.3) is 0 Å². The molecule has 4 saturated heterocycles. The van der Waals surface area contributed by atoms with Crippen LogP contribution in [0.4, 0.5) is 0 Å². The van der Waals surface area contributed by atoms with Crippen LogP contribution in [0.1, 0.15) is 11.1 Å². The van der Waals surface area contributed by atoms with E-state index in [9.17, 15) is 4.79 Å². The first-order valence-electron chi connectivity index (χ1n) is 6.74. The summed E-state index contributed by atoms with van der Waals surface area (Å²) >= 11 is 0. The van der Waals surface area contributed by atoms with Gasteiger partial charge in [-0.05, 0) is 18.1 Å². The smallest absolute Gasteiger partial charge is 0.151 e. The van der Waals surface area contributed by atoms with Crippen LogP contribution >= 0.6 is 0 Å². The van der Waals surface area contributed by atoms with Gasteiger partial charge >= 0.3 is 0 Å². The van der Waals surface area contributed by atoms with Gasteiger partial charge in [-0.2, -0.15) is 0 Å². The number of benzene rings is 1. The average Bonchev–Trinajstić information content (AvgIpc) is 2.35. The molecule has 3 nitrogen and oxygen atoms in total. The summed E-state index contributed by atoms with van der Waals surface area (Å²) < 4.78 is 0. The van der Waals surface area contributed by atoms with Gasteiger partial charge in [0.2, 0.25) is 0 Å². The maximum Gasteiger partial charge on any atom is 0.151 e. The number of nitrogens with zero attached hydrogens (tertiary/aromatic N) is 2. The van der Waals surface area contributed by atoms with E-state index >= 15 is 0 Å². The van der Waals surface area contributed by atoms with Crippen molar-refractivity contribution in [3.05, 3.63) is 35.4 Å². The molecule has 1 aromatic carbocycles. The Morgan fingerprint density at radius 2 is 1.83 bits per heavy atom. The van der Waals surface area contributed by atoms with Gasteiger partial charge in [0.1, 0.15) is 0 Å². The van der Waals surface area contributed by atoms with Crippen molar-refractivity contribution in [2.75, 3.05) is 32.8 Å². The highest BCUT2D eigenvalue weighted by Crippen LogP contribution is 2.42. The first-order valence-corrected chi connectivity index (χ1v) is 6.74. The van der Waals surface area contributed by atoms with Crippen LogP contribution in [0.2, 0.25) is 0 Å². The first kappa shape index (κ1) is 10.7.